The number of hydrogen-bond donors (Lipinski definition) is 0. The fourth-order valence-electron chi connectivity index (χ4n) is 5.31. The molecular formula is C32H32O14. The molecule has 0 N–H and O–H groups in total. The molecule has 0 unspecified atom stereocenters. The number of ether oxygens (including phenoxy) is 8. The first kappa shape index (κ1) is 32.3. The van der Waals surface area contributed by atoms with Gasteiger partial charge >= 0.3 is 23.9 Å². The number of rotatable bonds is 8. The second-order valence-corrected chi connectivity index (χ2v) is 10.6. The quantitative estimate of drug-likeness (QED) is 0.260. The van der Waals surface area contributed by atoms with Crippen molar-refractivity contribution in [2.75, 3.05) is 19.8 Å². The van der Waals surface area contributed by atoms with E-state index in [9.17, 15) is 24.0 Å². The molecule has 0 bridgehead atoms. The van der Waals surface area contributed by atoms with Crippen molar-refractivity contribution >= 4 is 34.8 Å². The fraction of sp³-hybridized carbons (Fsp3) is 0.406. The van der Waals surface area contributed by atoms with Crippen molar-refractivity contribution in [2.24, 2.45) is 0 Å². The maximum absolute atomic E-state index is 13.6. The van der Waals surface area contributed by atoms with E-state index >= 15 is 0 Å². The van der Waals surface area contributed by atoms with E-state index in [2.05, 4.69) is 0 Å². The molecule has 0 spiro atoms. The summed E-state index contributed by atoms with van der Waals surface area (Å²) in [6.07, 6.45) is -6.81. The first-order valence-electron chi connectivity index (χ1n) is 14.4. The van der Waals surface area contributed by atoms with Gasteiger partial charge in [0.1, 0.15) is 43.0 Å². The molecular weight excluding hydrogens is 608 g/mol. The maximum Gasteiger partial charge on any atom is 0.303 e. The second-order valence-electron chi connectivity index (χ2n) is 10.6. The van der Waals surface area contributed by atoms with Gasteiger partial charge in [0.05, 0.1) is 10.9 Å². The van der Waals surface area contributed by atoms with Crippen molar-refractivity contribution < 1.29 is 61.5 Å². The first-order chi connectivity index (χ1) is 21.9. The molecule has 2 aromatic carbocycles. The van der Waals surface area contributed by atoms with Gasteiger partial charge in [-0.3, -0.25) is 24.0 Å². The van der Waals surface area contributed by atoms with Gasteiger partial charge in [-0.05, 0) is 36.8 Å². The number of carbonyl (C=O) groups excluding carboxylic acids is 4. The van der Waals surface area contributed by atoms with Crippen LogP contribution in [0.25, 0.3) is 22.1 Å². The molecule has 5 atom stereocenters. The van der Waals surface area contributed by atoms with E-state index < -0.39 is 61.2 Å². The summed E-state index contributed by atoms with van der Waals surface area (Å²) in [4.78, 5) is 61.4. The van der Waals surface area contributed by atoms with Gasteiger partial charge in [0.2, 0.25) is 17.8 Å². The highest BCUT2D eigenvalue weighted by Gasteiger charge is 2.53. The molecule has 244 valence electrons. The summed E-state index contributed by atoms with van der Waals surface area (Å²) < 4.78 is 50.7. The van der Waals surface area contributed by atoms with Crippen molar-refractivity contribution in [3.05, 3.63) is 52.4 Å². The molecule has 0 amide bonds. The van der Waals surface area contributed by atoms with E-state index in [0.717, 1.165) is 20.8 Å². The van der Waals surface area contributed by atoms with Crippen LogP contribution in [0.15, 0.2) is 45.6 Å². The van der Waals surface area contributed by atoms with Crippen molar-refractivity contribution in [3.63, 3.8) is 0 Å². The monoisotopic (exact) mass is 640 g/mol. The number of carbonyl (C=O) groups is 4. The Morgan fingerprint density at radius 1 is 0.783 bits per heavy atom. The number of hydrogen-bond acceptors (Lipinski definition) is 14. The van der Waals surface area contributed by atoms with Crippen LogP contribution >= 0.6 is 0 Å². The Bertz CT molecular complexity index is 1730. The minimum Gasteiger partial charge on any atom is -0.486 e. The summed E-state index contributed by atoms with van der Waals surface area (Å²) in [6, 6.07) is 9.64. The van der Waals surface area contributed by atoms with Crippen molar-refractivity contribution in [2.45, 2.75) is 65.3 Å². The lowest BCUT2D eigenvalue weighted by molar-refractivity contribution is -0.288. The topological polar surface area (TPSA) is 172 Å². The molecule has 0 saturated carbocycles. The molecule has 14 nitrogen and oxygen atoms in total. The Hall–Kier alpha value is -5.11. The lowest BCUT2D eigenvalue weighted by Gasteiger charge is -2.43. The van der Waals surface area contributed by atoms with Gasteiger partial charge in [0, 0.05) is 33.8 Å². The second kappa shape index (κ2) is 13.5. The minimum absolute atomic E-state index is 0.128. The highest BCUT2D eigenvalue weighted by atomic mass is 16.7. The lowest BCUT2D eigenvalue weighted by Crippen LogP contribution is -2.63. The maximum atomic E-state index is 13.6. The van der Waals surface area contributed by atoms with Gasteiger partial charge in [0.15, 0.2) is 23.7 Å². The van der Waals surface area contributed by atoms with Crippen LogP contribution in [-0.2, 0) is 42.9 Å². The van der Waals surface area contributed by atoms with Crippen LogP contribution in [-0.4, -0.2) is 74.4 Å². The molecule has 5 rings (SSSR count). The minimum atomic E-state index is -1.46. The number of aryl methyl sites for hydroxylation is 1. The zero-order valence-corrected chi connectivity index (χ0v) is 25.7. The molecule has 1 aromatic heterocycles. The zero-order chi connectivity index (χ0) is 33.1. The molecule has 1 fully saturated rings. The summed E-state index contributed by atoms with van der Waals surface area (Å²) >= 11 is 0. The summed E-state index contributed by atoms with van der Waals surface area (Å²) in [5.74, 6) is -1.38. The zero-order valence-electron chi connectivity index (χ0n) is 25.7. The van der Waals surface area contributed by atoms with Gasteiger partial charge in [-0.15, -0.1) is 0 Å². The predicted octanol–water partition coefficient (Wildman–Crippen LogP) is 3.00. The highest BCUT2D eigenvalue weighted by Crippen LogP contribution is 2.36. The van der Waals surface area contributed by atoms with Crippen molar-refractivity contribution in [1.82, 2.24) is 0 Å². The normalized spacial score (nSPS) is 22.0. The Balaban J connectivity index is 1.50. The van der Waals surface area contributed by atoms with Crippen LogP contribution in [0.2, 0.25) is 0 Å². The van der Waals surface area contributed by atoms with Gasteiger partial charge in [0.25, 0.3) is 0 Å². The van der Waals surface area contributed by atoms with E-state index in [1.807, 2.05) is 0 Å². The molecule has 0 radical (unpaired) electrons. The van der Waals surface area contributed by atoms with E-state index in [4.69, 9.17) is 42.3 Å². The molecule has 14 heteroatoms. The Labute approximate surface area is 262 Å². The molecule has 2 aliphatic rings. The fourth-order valence-corrected chi connectivity index (χ4v) is 5.31. The predicted molar refractivity (Wildman–Crippen MR) is 156 cm³/mol. The molecule has 3 heterocycles. The van der Waals surface area contributed by atoms with Crippen molar-refractivity contribution in [3.8, 4) is 28.4 Å². The van der Waals surface area contributed by atoms with Gasteiger partial charge in [-0.25, -0.2) is 0 Å². The third-order valence-corrected chi connectivity index (χ3v) is 7.07. The van der Waals surface area contributed by atoms with Crippen molar-refractivity contribution in [1.29, 1.82) is 0 Å². The lowest BCUT2D eigenvalue weighted by atomic mass is 9.98. The Morgan fingerprint density at radius 2 is 1.43 bits per heavy atom. The van der Waals surface area contributed by atoms with Crippen LogP contribution in [0.1, 0.15) is 33.5 Å². The van der Waals surface area contributed by atoms with E-state index in [1.54, 1.807) is 25.1 Å². The van der Waals surface area contributed by atoms with E-state index in [-0.39, 0.29) is 22.1 Å². The Kier molecular flexibility index (Phi) is 9.46. The summed E-state index contributed by atoms with van der Waals surface area (Å²) in [5.41, 5.74) is 0.828. The van der Waals surface area contributed by atoms with Gasteiger partial charge in [-0.2, -0.15) is 0 Å². The molecule has 46 heavy (non-hydrogen) atoms. The standard InChI is InChI=1S/C32H32O14/c1-15-27(20-6-9-23-25(12-20)39-11-10-38-23)28(37)22-8-7-21(13-24(22)41-15)45-32-31(44-19(5)36)30(43-18(4)35)29(42-17(3)34)26(46-32)14-40-16(2)33/h6-9,12-13,26,29-32H,10-11,14H2,1-5H3/t26-,29-,30+,31-,32-/m1/s1. The molecule has 1 saturated heterocycles. The average molecular weight is 641 g/mol. The van der Waals surface area contributed by atoms with Crippen LogP contribution in [0, 0.1) is 6.92 Å². The molecule has 2 aliphatic heterocycles. The summed E-state index contributed by atoms with van der Waals surface area (Å²) in [7, 11) is 0. The van der Waals surface area contributed by atoms with Crippen LogP contribution in [0.5, 0.6) is 17.2 Å². The van der Waals surface area contributed by atoms with Gasteiger partial charge < -0.3 is 42.3 Å². The van der Waals surface area contributed by atoms with Gasteiger partial charge in [-0.1, -0.05) is 6.07 Å². The number of esters is 4. The molecule has 3 aromatic rings. The number of fused-ring (bicyclic) bond motifs is 2. The third kappa shape index (κ3) is 7.07. The third-order valence-electron chi connectivity index (χ3n) is 7.07. The Morgan fingerprint density at radius 3 is 2.11 bits per heavy atom. The molecule has 0 aliphatic carbocycles. The van der Waals surface area contributed by atoms with Crippen LogP contribution in [0.3, 0.4) is 0 Å². The smallest absolute Gasteiger partial charge is 0.303 e. The van der Waals surface area contributed by atoms with Crippen LogP contribution in [0.4, 0.5) is 0 Å². The average Bonchev–Trinajstić information content (AvgIpc) is 2.98. The van der Waals surface area contributed by atoms with E-state index in [0.29, 0.717) is 41.6 Å². The SMILES string of the molecule is CC(=O)OC[C@H]1O[C@@H](Oc2ccc3c(=O)c(-c4ccc5c(c4)OCCO5)c(C)oc3c2)[C@H](OC(C)=O)[C@@H](OC(C)=O)[C@@H]1OC(C)=O. The summed E-state index contributed by atoms with van der Waals surface area (Å²) in [5, 5.41) is 0.254. The van der Waals surface area contributed by atoms with Crippen LogP contribution < -0.4 is 19.6 Å². The first-order valence-corrected chi connectivity index (χ1v) is 14.4. The number of benzene rings is 2. The largest absolute Gasteiger partial charge is 0.486 e. The summed E-state index contributed by atoms with van der Waals surface area (Å²) in [6.45, 7) is 6.62. The highest BCUT2D eigenvalue weighted by molar-refractivity contribution is 5.84. The van der Waals surface area contributed by atoms with E-state index in [1.165, 1.54) is 25.1 Å².